The lowest BCUT2D eigenvalue weighted by molar-refractivity contribution is -0.136. The van der Waals surface area contributed by atoms with Crippen LogP contribution in [0, 0.1) is 34.5 Å². The number of ketones is 2. The zero-order valence-corrected chi connectivity index (χ0v) is 11.2. The number of nitriles is 1. The summed E-state index contributed by atoms with van der Waals surface area (Å²) in [6, 6.07) is 2.45. The molecule has 18 heavy (non-hydrogen) atoms. The number of hydrogen-bond acceptors (Lipinski definition) is 3. The van der Waals surface area contributed by atoms with Gasteiger partial charge in [0.05, 0.1) is 11.5 Å². The van der Waals surface area contributed by atoms with Crippen LogP contribution >= 0.6 is 0 Å². The summed E-state index contributed by atoms with van der Waals surface area (Å²) >= 11 is 0. The van der Waals surface area contributed by atoms with Crippen LogP contribution in [0.1, 0.15) is 52.4 Å². The van der Waals surface area contributed by atoms with Gasteiger partial charge in [-0.25, -0.2) is 0 Å². The lowest BCUT2D eigenvalue weighted by Crippen LogP contribution is -2.47. The van der Waals surface area contributed by atoms with Crippen LogP contribution in [-0.2, 0) is 9.59 Å². The number of nitrogens with zero attached hydrogens (tertiary/aromatic N) is 1. The quantitative estimate of drug-likeness (QED) is 0.770. The van der Waals surface area contributed by atoms with Gasteiger partial charge in [0.15, 0.2) is 0 Å². The SMILES string of the molecule is CC(=O)CC(C)C1C(=O)CC2CCCC1(C#N)C2. The topological polar surface area (TPSA) is 57.9 Å². The molecule has 0 aromatic carbocycles. The molecule has 4 unspecified atom stereocenters. The fourth-order valence-electron chi connectivity index (χ4n) is 4.21. The van der Waals surface area contributed by atoms with E-state index in [2.05, 4.69) is 6.07 Å². The second-order valence-corrected chi connectivity index (χ2v) is 6.26. The summed E-state index contributed by atoms with van der Waals surface area (Å²) in [5, 5.41) is 9.58. The van der Waals surface area contributed by atoms with E-state index in [0.29, 0.717) is 18.8 Å². The largest absolute Gasteiger partial charge is 0.300 e. The Hall–Kier alpha value is -1.17. The fraction of sp³-hybridized carbons (Fsp3) is 0.800. The lowest BCUT2D eigenvalue weighted by Gasteiger charge is -2.47. The lowest BCUT2D eigenvalue weighted by atomic mass is 9.54. The van der Waals surface area contributed by atoms with E-state index in [-0.39, 0.29) is 23.4 Å². The van der Waals surface area contributed by atoms with Gasteiger partial charge in [-0.15, -0.1) is 0 Å². The molecular formula is C15H21NO2. The van der Waals surface area contributed by atoms with Crippen LogP contribution in [0.3, 0.4) is 0 Å². The van der Waals surface area contributed by atoms with Crippen LogP contribution in [0.2, 0.25) is 0 Å². The van der Waals surface area contributed by atoms with Crippen molar-refractivity contribution in [3.63, 3.8) is 0 Å². The Kier molecular flexibility index (Phi) is 3.56. The highest BCUT2D eigenvalue weighted by Crippen LogP contribution is 2.53. The van der Waals surface area contributed by atoms with E-state index in [1.807, 2.05) is 6.92 Å². The Morgan fingerprint density at radius 1 is 1.61 bits per heavy atom. The maximum atomic E-state index is 12.3. The molecule has 0 spiro atoms. The molecular weight excluding hydrogens is 226 g/mol. The third-order valence-corrected chi connectivity index (χ3v) is 4.72. The first kappa shape index (κ1) is 13.3. The molecule has 3 heteroatoms. The van der Waals surface area contributed by atoms with Gasteiger partial charge in [-0.1, -0.05) is 13.3 Å². The minimum Gasteiger partial charge on any atom is -0.300 e. The third kappa shape index (κ3) is 2.21. The van der Waals surface area contributed by atoms with E-state index in [4.69, 9.17) is 0 Å². The van der Waals surface area contributed by atoms with Gasteiger partial charge in [0.1, 0.15) is 11.6 Å². The Labute approximate surface area is 109 Å². The number of Topliss-reactive ketones (excluding diaryl/α,β-unsaturated/α-hetero) is 2. The molecule has 98 valence electrons. The predicted octanol–water partition coefficient (Wildman–Crippen LogP) is 2.89. The van der Waals surface area contributed by atoms with Crippen LogP contribution < -0.4 is 0 Å². The van der Waals surface area contributed by atoms with Crippen molar-refractivity contribution < 1.29 is 9.59 Å². The van der Waals surface area contributed by atoms with E-state index in [1.54, 1.807) is 6.92 Å². The maximum absolute atomic E-state index is 12.3. The van der Waals surface area contributed by atoms with E-state index in [9.17, 15) is 14.9 Å². The number of fused-ring (bicyclic) bond motifs is 2. The summed E-state index contributed by atoms with van der Waals surface area (Å²) in [5.74, 6) is 0.533. The summed E-state index contributed by atoms with van der Waals surface area (Å²) in [6.45, 7) is 3.52. The standard InChI is InChI=1S/C15H21NO2/c1-10(6-11(2)17)14-13(18)7-12-4-3-5-15(14,8-12)9-16/h10,12,14H,3-8H2,1-2H3. The first-order chi connectivity index (χ1) is 8.48. The number of rotatable bonds is 3. The molecule has 2 fully saturated rings. The molecule has 0 saturated heterocycles. The van der Waals surface area contributed by atoms with Crippen molar-refractivity contribution >= 4 is 11.6 Å². The van der Waals surface area contributed by atoms with Crippen LogP contribution in [0.4, 0.5) is 0 Å². The second kappa shape index (κ2) is 4.84. The number of carbonyl (C=O) groups excluding carboxylic acids is 2. The fourth-order valence-corrected chi connectivity index (χ4v) is 4.21. The molecule has 2 rings (SSSR count). The zero-order chi connectivity index (χ0) is 13.3. The van der Waals surface area contributed by atoms with Gasteiger partial charge >= 0.3 is 0 Å². The van der Waals surface area contributed by atoms with Gasteiger partial charge < -0.3 is 4.79 Å². The third-order valence-electron chi connectivity index (χ3n) is 4.72. The molecule has 0 aromatic rings. The summed E-state index contributed by atoms with van der Waals surface area (Å²) in [5.41, 5.74) is -0.479. The molecule has 0 aliphatic heterocycles. The van der Waals surface area contributed by atoms with Gasteiger partial charge in [-0.2, -0.15) is 5.26 Å². The average Bonchev–Trinajstić information content (AvgIpc) is 2.27. The van der Waals surface area contributed by atoms with Crippen LogP contribution in [0.25, 0.3) is 0 Å². The van der Waals surface area contributed by atoms with E-state index in [1.165, 1.54) is 0 Å². The number of carbonyl (C=O) groups is 2. The molecule has 2 aliphatic rings. The van der Waals surface area contributed by atoms with E-state index < -0.39 is 5.41 Å². The van der Waals surface area contributed by atoms with E-state index >= 15 is 0 Å². The van der Waals surface area contributed by atoms with Crippen LogP contribution in [0.15, 0.2) is 0 Å². The smallest absolute Gasteiger partial charge is 0.138 e. The van der Waals surface area contributed by atoms with Crippen molar-refractivity contribution in [3.05, 3.63) is 0 Å². The zero-order valence-electron chi connectivity index (χ0n) is 11.2. The highest BCUT2D eigenvalue weighted by atomic mass is 16.1. The van der Waals surface area contributed by atoms with Crippen molar-refractivity contribution in [1.82, 2.24) is 0 Å². The minimum atomic E-state index is -0.479. The van der Waals surface area contributed by atoms with Gasteiger partial charge in [-0.05, 0) is 38.0 Å². The van der Waals surface area contributed by atoms with Crippen LogP contribution in [-0.4, -0.2) is 11.6 Å². The molecule has 2 bridgehead atoms. The highest BCUT2D eigenvalue weighted by molar-refractivity contribution is 5.85. The Morgan fingerprint density at radius 2 is 2.33 bits per heavy atom. The van der Waals surface area contributed by atoms with Gasteiger partial charge in [0.2, 0.25) is 0 Å². The maximum Gasteiger partial charge on any atom is 0.138 e. The summed E-state index contributed by atoms with van der Waals surface area (Å²) in [4.78, 5) is 23.6. The molecule has 0 N–H and O–H groups in total. The highest BCUT2D eigenvalue weighted by Gasteiger charge is 2.52. The predicted molar refractivity (Wildman–Crippen MR) is 67.6 cm³/mol. The second-order valence-electron chi connectivity index (χ2n) is 6.26. The summed E-state index contributed by atoms with van der Waals surface area (Å²) < 4.78 is 0. The van der Waals surface area contributed by atoms with Gasteiger partial charge in [-0.3, -0.25) is 4.79 Å². The van der Waals surface area contributed by atoms with Crippen molar-refractivity contribution in [2.24, 2.45) is 23.2 Å². The molecule has 0 radical (unpaired) electrons. The molecule has 0 heterocycles. The van der Waals surface area contributed by atoms with Crippen molar-refractivity contribution in [2.45, 2.75) is 52.4 Å². The molecule has 2 saturated carbocycles. The molecule has 2 aliphatic carbocycles. The van der Waals surface area contributed by atoms with Crippen molar-refractivity contribution in [1.29, 1.82) is 5.26 Å². The van der Waals surface area contributed by atoms with Gasteiger partial charge in [0.25, 0.3) is 0 Å². The first-order valence-electron chi connectivity index (χ1n) is 6.92. The molecule has 3 nitrogen and oxygen atoms in total. The van der Waals surface area contributed by atoms with Crippen molar-refractivity contribution in [2.75, 3.05) is 0 Å². The van der Waals surface area contributed by atoms with E-state index in [0.717, 1.165) is 25.7 Å². The Balaban J connectivity index is 2.27. The average molecular weight is 247 g/mol. The van der Waals surface area contributed by atoms with Crippen molar-refractivity contribution in [3.8, 4) is 6.07 Å². The van der Waals surface area contributed by atoms with Gasteiger partial charge in [0, 0.05) is 18.8 Å². The Bertz CT molecular complexity index is 409. The minimum absolute atomic E-state index is 0.00806. The van der Waals surface area contributed by atoms with Crippen LogP contribution in [0.5, 0.6) is 0 Å². The molecule has 0 aromatic heterocycles. The Morgan fingerprint density at radius 3 is 2.94 bits per heavy atom. The normalized spacial score (nSPS) is 36.8. The summed E-state index contributed by atoms with van der Waals surface area (Å²) in [6.07, 6.45) is 4.87. The monoisotopic (exact) mass is 247 g/mol. The summed E-state index contributed by atoms with van der Waals surface area (Å²) in [7, 11) is 0. The molecule has 4 atom stereocenters. The first-order valence-corrected chi connectivity index (χ1v) is 6.92. The molecule has 0 amide bonds. The number of hydrogen-bond donors (Lipinski definition) is 0.